The number of piperidine rings is 1. The van der Waals surface area contributed by atoms with Crippen LogP contribution < -0.4 is 0 Å². The molecular formula is C11H14ClN5OS. The Hall–Kier alpha value is -1.05. The highest BCUT2D eigenvalue weighted by Gasteiger charge is 2.26. The van der Waals surface area contributed by atoms with Crippen LogP contribution in [0.1, 0.15) is 36.2 Å². The third kappa shape index (κ3) is 2.93. The van der Waals surface area contributed by atoms with Gasteiger partial charge in [-0.2, -0.15) is 4.98 Å². The molecule has 0 radical (unpaired) electrons. The van der Waals surface area contributed by atoms with Gasteiger partial charge in [-0.25, -0.2) is 0 Å². The largest absolute Gasteiger partial charge is 0.339 e. The van der Waals surface area contributed by atoms with Gasteiger partial charge in [0.25, 0.3) is 0 Å². The summed E-state index contributed by atoms with van der Waals surface area (Å²) in [7, 11) is 0. The molecule has 0 saturated carbocycles. The van der Waals surface area contributed by atoms with Gasteiger partial charge in [-0.15, -0.1) is 5.10 Å². The molecule has 1 saturated heterocycles. The molecule has 0 amide bonds. The lowest BCUT2D eigenvalue weighted by Gasteiger charge is -2.30. The number of hydrogen-bond acceptors (Lipinski definition) is 7. The second-order valence-corrected chi connectivity index (χ2v) is 6.10. The first-order valence-corrected chi connectivity index (χ1v) is 7.37. The molecule has 0 spiro atoms. The Balaban J connectivity index is 1.66. The standard InChI is InChI=1S/C11H14ClN5OS/c1-7-13-11(18-15-7)8-3-2-4-17(5-8)6-9-10(12)19-16-14-9/h8H,2-6H2,1H3/t8-/m1/s1. The van der Waals surface area contributed by atoms with Crippen molar-refractivity contribution < 1.29 is 4.52 Å². The lowest BCUT2D eigenvalue weighted by atomic mass is 9.98. The molecule has 0 aromatic carbocycles. The Labute approximate surface area is 119 Å². The molecule has 1 aliphatic rings. The average Bonchev–Trinajstić information content (AvgIpc) is 3.00. The third-order valence-corrected chi connectivity index (χ3v) is 4.27. The van der Waals surface area contributed by atoms with Gasteiger partial charge in [0.1, 0.15) is 10.0 Å². The minimum Gasteiger partial charge on any atom is -0.339 e. The van der Waals surface area contributed by atoms with Gasteiger partial charge in [0.05, 0.1) is 5.92 Å². The van der Waals surface area contributed by atoms with E-state index in [0.717, 1.165) is 44.1 Å². The Morgan fingerprint density at radius 2 is 2.42 bits per heavy atom. The van der Waals surface area contributed by atoms with Crippen molar-refractivity contribution in [1.82, 2.24) is 24.6 Å². The minimum atomic E-state index is 0.306. The number of nitrogens with zero attached hydrogens (tertiary/aromatic N) is 5. The lowest BCUT2D eigenvalue weighted by molar-refractivity contribution is 0.178. The second-order valence-electron chi connectivity index (χ2n) is 4.75. The molecule has 8 heteroatoms. The molecule has 2 aromatic heterocycles. The summed E-state index contributed by atoms with van der Waals surface area (Å²) < 4.78 is 9.81. The van der Waals surface area contributed by atoms with Crippen molar-refractivity contribution in [1.29, 1.82) is 0 Å². The van der Waals surface area contributed by atoms with E-state index in [1.807, 2.05) is 6.92 Å². The van der Waals surface area contributed by atoms with Crippen LogP contribution in [0, 0.1) is 6.92 Å². The summed E-state index contributed by atoms with van der Waals surface area (Å²) >= 11 is 7.27. The molecule has 0 bridgehead atoms. The molecule has 2 aromatic rings. The summed E-state index contributed by atoms with van der Waals surface area (Å²) in [6.07, 6.45) is 2.20. The van der Waals surface area contributed by atoms with Crippen LogP contribution in [0.2, 0.25) is 4.34 Å². The smallest absolute Gasteiger partial charge is 0.231 e. The normalized spacial score (nSPS) is 20.8. The second kappa shape index (κ2) is 5.52. The van der Waals surface area contributed by atoms with Crippen LogP contribution >= 0.6 is 23.1 Å². The van der Waals surface area contributed by atoms with Gasteiger partial charge < -0.3 is 4.52 Å². The Bertz CT molecular complexity index is 557. The van der Waals surface area contributed by atoms with Crippen molar-refractivity contribution in [3.8, 4) is 0 Å². The van der Waals surface area contributed by atoms with Crippen LogP contribution in [0.3, 0.4) is 0 Å². The maximum atomic E-state index is 6.04. The van der Waals surface area contributed by atoms with Crippen molar-refractivity contribution >= 4 is 23.1 Å². The first kappa shape index (κ1) is 13.0. The van der Waals surface area contributed by atoms with Gasteiger partial charge in [-0.1, -0.05) is 21.2 Å². The number of aromatic nitrogens is 4. The first-order valence-electron chi connectivity index (χ1n) is 6.21. The van der Waals surface area contributed by atoms with Gasteiger partial charge in [0.2, 0.25) is 5.89 Å². The van der Waals surface area contributed by atoms with E-state index in [1.165, 1.54) is 11.5 Å². The van der Waals surface area contributed by atoms with E-state index in [4.69, 9.17) is 16.1 Å². The van der Waals surface area contributed by atoms with E-state index < -0.39 is 0 Å². The summed E-state index contributed by atoms with van der Waals surface area (Å²) in [5, 5.41) is 7.92. The minimum absolute atomic E-state index is 0.306. The first-order chi connectivity index (χ1) is 9.22. The topological polar surface area (TPSA) is 67.9 Å². The molecule has 19 heavy (non-hydrogen) atoms. The zero-order chi connectivity index (χ0) is 13.2. The van der Waals surface area contributed by atoms with Crippen LogP contribution in [-0.2, 0) is 6.54 Å². The summed E-state index contributed by atoms with van der Waals surface area (Å²) in [5.74, 6) is 1.74. The summed E-state index contributed by atoms with van der Waals surface area (Å²) in [5.41, 5.74) is 0.856. The van der Waals surface area contributed by atoms with Crippen LogP contribution in [0.25, 0.3) is 0 Å². The molecule has 1 aliphatic heterocycles. The fourth-order valence-corrected chi connectivity index (χ4v) is 2.99. The van der Waals surface area contributed by atoms with Crippen LogP contribution in [0.4, 0.5) is 0 Å². The maximum Gasteiger partial charge on any atom is 0.231 e. The summed E-state index contributed by atoms with van der Waals surface area (Å²) in [4.78, 5) is 6.64. The molecule has 3 heterocycles. The SMILES string of the molecule is Cc1noc([C@@H]2CCCN(Cc3nnsc3Cl)C2)n1. The fraction of sp³-hybridized carbons (Fsp3) is 0.636. The lowest BCUT2D eigenvalue weighted by Crippen LogP contribution is -2.34. The maximum absolute atomic E-state index is 6.04. The van der Waals surface area contributed by atoms with Crippen LogP contribution in [0.5, 0.6) is 0 Å². The van der Waals surface area contributed by atoms with Gasteiger partial charge in [0.15, 0.2) is 5.82 Å². The van der Waals surface area contributed by atoms with Crippen molar-refractivity contribution in [2.45, 2.75) is 32.2 Å². The van der Waals surface area contributed by atoms with Crippen molar-refractivity contribution in [2.24, 2.45) is 0 Å². The van der Waals surface area contributed by atoms with E-state index in [-0.39, 0.29) is 0 Å². The van der Waals surface area contributed by atoms with E-state index >= 15 is 0 Å². The highest BCUT2D eigenvalue weighted by atomic mass is 35.5. The molecule has 1 atom stereocenters. The molecule has 6 nitrogen and oxygen atoms in total. The molecule has 3 rings (SSSR count). The summed E-state index contributed by atoms with van der Waals surface area (Å²) in [6, 6.07) is 0. The van der Waals surface area contributed by atoms with Crippen molar-refractivity contribution in [2.75, 3.05) is 13.1 Å². The van der Waals surface area contributed by atoms with Gasteiger partial charge in [-0.3, -0.25) is 4.90 Å². The highest BCUT2D eigenvalue weighted by molar-refractivity contribution is 7.10. The van der Waals surface area contributed by atoms with Gasteiger partial charge in [-0.05, 0) is 26.3 Å². The van der Waals surface area contributed by atoms with E-state index in [0.29, 0.717) is 16.1 Å². The van der Waals surface area contributed by atoms with Crippen LogP contribution in [-0.4, -0.2) is 37.7 Å². The molecular weight excluding hydrogens is 286 g/mol. The summed E-state index contributed by atoms with van der Waals surface area (Å²) in [6.45, 7) is 4.51. The average molecular weight is 300 g/mol. The van der Waals surface area contributed by atoms with Gasteiger partial charge >= 0.3 is 0 Å². The van der Waals surface area contributed by atoms with E-state index in [2.05, 4.69) is 24.6 Å². The van der Waals surface area contributed by atoms with Gasteiger partial charge in [0, 0.05) is 24.6 Å². The zero-order valence-corrected chi connectivity index (χ0v) is 12.1. The van der Waals surface area contributed by atoms with Crippen molar-refractivity contribution in [3.63, 3.8) is 0 Å². The predicted octanol–water partition coefficient (Wildman–Crippen LogP) is 2.26. The van der Waals surface area contributed by atoms with Crippen LogP contribution in [0.15, 0.2) is 4.52 Å². The zero-order valence-electron chi connectivity index (χ0n) is 10.5. The quantitative estimate of drug-likeness (QED) is 0.866. The highest BCUT2D eigenvalue weighted by Crippen LogP contribution is 2.27. The Morgan fingerprint density at radius 1 is 1.53 bits per heavy atom. The molecule has 0 N–H and O–H groups in total. The number of rotatable bonds is 3. The molecule has 102 valence electrons. The third-order valence-electron chi connectivity index (χ3n) is 3.28. The Morgan fingerprint density at radius 3 is 3.11 bits per heavy atom. The number of halogens is 1. The van der Waals surface area contributed by atoms with Crippen molar-refractivity contribution in [3.05, 3.63) is 21.7 Å². The molecule has 0 unspecified atom stereocenters. The van der Waals surface area contributed by atoms with E-state index in [9.17, 15) is 0 Å². The number of aryl methyl sites for hydroxylation is 1. The predicted molar refractivity (Wildman–Crippen MR) is 71.2 cm³/mol. The number of hydrogen-bond donors (Lipinski definition) is 0. The fourth-order valence-electron chi connectivity index (χ4n) is 2.38. The molecule has 1 fully saturated rings. The Kier molecular flexibility index (Phi) is 3.76. The monoisotopic (exact) mass is 299 g/mol. The molecule has 0 aliphatic carbocycles. The van der Waals surface area contributed by atoms with E-state index in [1.54, 1.807) is 0 Å². The number of likely N-dealkylation sites (tertiary alicyclic amines) is 1.